The number of rotatable bonds is 3. The van der Waals surface area contributed by atoms with Gasteiger partial charge in [-0.15, -0.1) is 0 Å². The van der Waals surface area contributed by atoms with Gasteiger partial charge >= 0.3 is 0 Å². The molecule has 1 aliphatic heterocycles. The molecule has 0 unspecified atom stereocenters. The number of anilines is 1. The van der Waals surface area contributed by atoms with Gasteiger partial charge in [0.2, 0.25) is 0 Å². The highest BCUT2D eigenvalue weighted by molar-refractivity contribution is 6.18. The maximum Gasteiger partial charge on any atom is 0.140 e. The van der Waals surface area contributed by atoms with Crippen molar-refractivity contribution < 1.29 is 0 Å². The first-order chi connectivity index (χ1) is 11.9. The summed E-state index contributed by atoms with van der Waals surface area (Å²) in [5, 5.41) is 0. The predicted molar refractivity (Wildman–Crippen MR) is 101 cm³/mol. The van der Waals surface area contributed by atoms with E-state index in [0.717, 1.165) is 17.1 Å². The van der Waals surface area contributed by atoms with Crippen LogP contribution in [0, 0.1) is 0 Å². The largest absolute Gasteiger partial charge is 0.294 e. The van der Waals surface area contributed by atoms with Gasteiger partial charge in [-0.3, -0.25) is 9.89 Å². The highest BCUT2D eigenvalue weighted by Gasteiger charge is 2.23. The third kappa shape index (κ3) is 2.74. The minimum Gasteiger partial charge on any atom is -0.294 e. The molecule has 0 aromatic heterocycles. The maximum absolute atomic E-state index is 4.80. The summed E-state index contributed by atoms with van der Waals surface area (Å²) in [5.41, 5.74) is 4.62. The molecule has 1 aliphatic rings. The molecule has 2 heteroatoms. The van der Waals surface area contributed by atoms with E-state index >= 15 is 0 Å². The molecule has 0 saturated carbocycles. The fraction of sp³-hybridized carbons (Fsp3) is 0.0455. The summed E-state index contributed by atoms with van der Waals surface area (Å²) in [6, 6.07) is 31.3. The highest BCUT2D eigenvalue weighted by Crippen LogP contribution is 2.30. The summed E-state index contributed by atoms with van der Waals surface area (Å²) in [7, 11) is 0. The molecule has 116 valence electrons. The van der Waals surface area contributed by atoms with Crippen LogP contribution in [0.5, 0.6) is 0 Å². The first kappa shape index (κ1) is 14.5. The second kappa shape index (κ2) is 6.55. The molecule has 3 aromatic carbocycles. The van der Waals surface area contributed by atoms with Crippen LogP contribution >= 0.6 is 0 Å². The average Bonchev–Trinajstić information content (AvgIpc) is 2.69. The standard InChI is InChI=1S/C22H18N2/c1-4-10-18(11-5-1)21-16-17-23-22(19-12-6-2-7-13-19)24(21)20-14-8-3-9-15-20/h1-16H,17H2. The van der Waals surface area contributed by atoms with Crippen LogP contribution in [0.25, 0.3) is 5.70 Å². The molecule has 0 saturated heterocycles. The molecule has 1 heterocycles. The molecule has 2 nitrogen and oxygen atoms in total. The summed E-state index contributed by atoms with van der Waals surface area (Å²) in [6.45, 7) is 0.692. The zero-order valence-corrected chi connectivity index (χ0v) is 13.3. The third-order valence-corrected chi connectivity index (χ3v) is 4.09. The summed E-state index contributed by atoms with van der Waals surface area (Å²) in [5.74, 6) is 0.989. The Labute approximate surface area is 142 Å². The van der Waals surface area contributed by atoms with Crippen LogP contribution in [-0.4, -0.2) is 12.4 Å². The van der Waals surface area contributed by atoms with Crippen LogP contribution < -0.4 is 4.90 Å². The molecular formula is C22H18N2. The number of hydrogen-bond acceptors (Lipinski definition) is 2. The van der Waals surface area contributed by atoms with Crippen molar-refractivity contribution in [2.75, 3.05) is 11.4 Å². The van der Waals surface area contributed by atoms with Gasteiger partial charge in [0, 0.05) is 11.3 Å². The first-order valence-corrected chi connectivity index (χ1v) is 8.14. The topological polar surface area (TPSA) is 15.6 Å². The van der Waals surface area contributed by atoms with E-state index in [2.05, 4.69) is 83.8 Å². The van der Waals surface area contributed by atoms with Gasteiger partial charge in [0.25, 0.3) is 0 Å². The fourth-order valence-corrected chi connectivity index (χ4v) is 3.00. The van der Waals surface area contributed by atoms with Crippen LogP contribution in [0.1, 0.15) is 11.1 Å². The molecule has 0 N–H and O–H groups in total. The molecule has 0 amide bonds. The number of hydrogen-bond donors (Lipinski definition) is 0. The lowest BCUT2D eigenvalue weighted by molar-refractivity contribution is 1.15. The van der Waals surface area contributed by atoms with E-state index in [9.17, 15) is 0 Å². The Morgan fingerprint density at radius 1 is 0.625 bits per heavy atom. The van der Waals surface area contributed by atoms with E-state index in [-0.39, 0.29) is 0 Å². The van der Waals surface area contributed by atoms with Crippen molar-refractivity contribution in [1.29, 1.82) is 0 Å². The Morgan fingerprint density at radius 2 is 1.17 bits per heavy atom. The predicted octanol–water partition coefficient (Wildman–Crippen LogP) is 4.99. The van der Waals surface area contributed by atoms with Crippen LogP contribution in [0.2, 0.25) is 0 Å². The van der Waals surface area contributed by atoms with E-state index in [1.54, 1.807) is 0 Å². The monoisotopic (exact) mass is 310 g/mol. The van der Waals surface area contributed by atoms with Gasteiger partial charge in [-0.25, -0.2) is 0 Å². The number of aliphatic imine (C=N–C) groups is 1. The van der Waals surface area contributed by atoms with E-state index in [0.29, 0.717) is 6.54 Å². The van der Waals surface area contributed by atoms with Gasteiger partial charge in [-0.2, -0.15) is 0 Å². The number of nitrogens with zero attached hydrogens (tertiary/aromatic N) is 2. The molecule has 0 aliphatic carbocycles. The van der Waals surface area contributed by atoms with Gasteiger partial charge in [0.1, 0.15) is 5.84 Å². The second-order valence-corrected chi connectivity index (χ2v) is 5.66. The smallest absolute Gasteiger partial charge is 0.140 e. The van der Waals surface area contributed by atoms with Gasteiger partial charge < -0.3 is 0 Å². The van der Waals surface area contributed by atoms with E-state index in [1.807, 2.05) is 18.2 Å². The molecule has 0 radical (unpaired) electrons. The summed E-state index contributed by atoms with van der Waals surface area (Å²) < 4.78 is 0. The average molecular weight is 310 g/mol. The summed E-state index contributed by atoms with van der Waals surface area (Å²) >= 11 is 0. The Morgan fingerprint density at radius 3 is 1.79 bits per heavy atom. The lowest BCUT2D eigenvalue weighted by Gasteiger charge is -2.31. The van der Waals surface area contributed by atoms with Crippen LogP contribution in [0.4, 0.5) is 5.69 Å². The Hall–Kier alpha value is -3.13. The fourth-order valence-electron chi connectivity index (χ4n) is 3.00. The SMILES string of the molecule is C1=C(c2ccccc2)N(c2ccccc2)C(c2ccccc2)=NC1. The maximum atomic E-state index is 4.80. The summed E-state index contributed by atoms with van der Waals surface area (Å²) in [4.78, 5) is 7.04. The minimum absolute atomic E-state index is 0.692. The lowest BCUT2D eigenvalue weighted by Crippen LogP contribution is -2.33. The van der Waals surface area contributed by atoms with Crippen molar-refractivity contribution in [3.8, 4) is 0 Å². The number of para-hydroxylation sites is 1. The molecule has 24 heavy (non-hydrogen) atoms. The molecule has 0 fully saturated rings. The van der Waals surface area contributed by atoms with Crippen molar-refractivity contribution in [1.82, 2.24) is 0 Å². The van der Waals surface area contributed by atoms with Crippen LogP contribution in [0.3, 0.4) is 0 Å². The Balaban J connectivity index is 1.85. The molecule has 0 bridgehead atoms. The second-order valence-electron chi connectivity index (χ2n) is 5.66. The number of benzene rings is 3. The van der Waals surface area contributed by atoms with Crippen LogP contribution in [-0.2, 0) is 0 Å². The minimum atomic E-state index is 0.692. The van der Waals surface area contributed by atoms with Crippen molar-refractivity contribution in [3.63, 3.8) is 0 Å². The Bertz CT molecular complexity index is 810. The van der Waals surface area contributed by atoms with E-state index in [4.69, 9.17) is 4.99 Å². The van der Waals surface area contributed by atoms with Gasteiger partial charge in [-0.05, 0) is 23.8 Å². The molecule has 0 spiro atoms. The van der Waals surface area contributed by atoms with Crippen molar-refractivity contribution in [2.45, 2.75) is 0 Å². The molecule has 3 aromatic rings. The van der Waals surface area contributed by atoms with Crippen LogP contribution in [0.15, 0.2) is 102 Å². The number of amidine groups is 1. The van der Waals surface area contributed by atoms with Gasteiger partial charge in [0.15, 0.2) is 0 Å². The van der Waals surface area contributed by atoms with Crippen molar-refractivity contribution in [3.05, 3.63) is 108 Å². The third-order valence-electron chi connectivity index (χ3n) is 4.09. The highest BCUT2D eigenvalue weighted by atomic mass is 15.2. The van der Waals surface area contributed by atoms with Crippen molar-refractivity contribution >= 4 is 17.2 Å². The van der Waals surface area contributed by atoms with E-state index in [1.165, 1.54) is 11.3 Å². The lowest BCUT2D eigenvalue weighted by atomic mass is 10.1. The zero-order chi connectivity index (χ0) is 16.2. The normalized spacial score (nSPS) is 14.1. The quantitative estimate of drug-likeness (QED) is 0.665. The van der Waals surface area contributed by atoms with E-state index < -0.39 is 0 Å². The Kier molecular flexibility index (Phi) is 3.95. The zero-order valence-electron chi connectivity index (χ0n) is 13.3. The first-order valence-electron chi connectivity index (χ1n) is 8.14. The van der Waals surface area contributed by atoms with Gasteiger partial charge in [0.05, 0.1) is 12.2 Å². The molecular weight excluding hydrogens is 292 g/mol. The van der Waals surface area contributed by atoms with Gasteiger partial charge in [-0.1, -0.05) is 78.9 Å². The summed E-state index contributed by atoms with van der Waals surface area (Å²) in [6.07, 6.45) is 2.19. The molecule has 4 rings (SSSR count). The van der Waals surface area contributed by atoms with Crippen molar-refractivity contribution in [2.24, 2.45) is 4.99 Å². The molecule has 0 atom stereocenters.